The zero-order chi connectivity index (χ0) is 19.4. The molecule has 27 heavy (non-hydrogen) atoms. The van der Waals surface area contributed by atoms with E-state index in [-0.39, 0.29) is 30.0 Å². The number of amides is 2. The number of aliphatic carboxylic acids is 1. The van der Waals surface area contributed by atoms with Crippen molar-refractivity contribution in [3.63, 3.8) is 0 Å². The smallest absolute Gasteiger partial charge is 0.303 e. The van der Waals surface area contributed by atoms with Crippen LogP contribution in [0.4, 0.5) is 0 Å². The molecule has 0 radical (unpaired) electrons. The summed E-state index contributed by atoms with van der Waals surface area (Å²) in [7, 11) is 0. The van der Waals surface area contributed by atoms with E-state index in [1.165, 1.54) is 11.2 Å². The topological polar surface area (TPSA) is 99.9 Å². The van der Waals surface area contributed by atoms with Crippen LogP contribution in [-0.4, -0.2) is 39.9 Å². The Morgan fingerprint density at radius 1 is 1.22 bits per heavy atom. The van der Waals surface area contributed by atoms with Gasteiger partial charge < -0.3 is 19.7 Å². The number of carboxylic acid groups (broad SMARTS) is 1. The Bertz CT molecular complexity index is 831. The second kappa shape index (κ2) is 8.07. The number of carbonyl (C=O) groups excluding carboxylic acids is 2. The summed E-state index contributed by atoms with van der Waals surface area (Å²) in [6, 6.07) is 9.95. The van der Waals surface area contributed by atoms with Crippen LogP contribution in [0.3, 0.4) is 0 Å². The number of nitrogens with one attached hydrogen (secondary N) is 1. The molecule has 3 rings (SSSR count). The highest BCUT2D eigenvalue weighted by Crippen LogP contribution is 2.25. The number of fused-ring (bicyclic) bond motifs is 1. The third-order valence-corrected chi connectivity index (χ3v) is 4.72. The van der Waals surface area contributed by atoms with E-state index in [1.807, 2.05) is 24.3 Å². The van der Waals surface area contributed by atoms with Crippen LogP contribution in [0.15, 0.2) is 47.1 Å². The van der Waals surface area contributed by atoms with Crippen molar-refractivity contribution in [3.05, 3.63) is 59.5 Å². The van der Waals surface area contributed by atoms with Crippen molar-refractivity contribution in [2.75, 3.05) is 0 Å². The van der Waals surface area contributed by atoms with Gasteiger partial charge in [0.1, 0.15) is 6.04 Å². The van der Waals surface area contributed by atoms with Gasteiger partial charge in [-0.2, -0.15) is 0 Å². The highest BCUT2D eigenvalue weighted by molar-refractivity contribution is 5.96. The predicted octanol–water partition coefficient (Wildman–Crippen LogP) is 2.22. The molecule has 7 heteroatoms. The van der Waals surface area contributed by atoms with Gasteiger partial charge >= 0.3 is 5.97 Å². The summed E-state index contributed by atoms with van der Waals surface area (Å²) in [4.78, 5) is 38.0. The molecule has 1 aromatic carbocycles. The molecule has 0 saturated carbocycles. The van der Waals surface area contributed by atoms with Crippen LogP contribution in [0.2, 0.25) is 0 Å². The molecular weight excluding hydrogens is 348 g/mol. The van der Waals surface area contributed by atoms with Crippen molar-refractivity contribution in [1.82, 2.24) is 10.2 Å². The van der Waals surface area contributed by atoms with Gasteiger partial charge in [-0.05, 0) is 36.6 Å². The maximum absolute atomic E-state index is 12.9. The summed E-state index contributed by atoms with van der Waals surface area (Å²) in [5.74, 6) is -1.35. The van der Waals surface area contributed by atoms with Gasteiger partial charge in [-0.1, -0.05) is 24.3 Å². The minimum atomic E-state index is -0.905. The first-order valence-electron chi connectivity index (χ1n) is 8.89. The molecule has 1 aromatic heterocycles. The molecule has 2 amide bonds. The third kappa shape index (κ3) is 4.36. The molecule has 2 N–H and O–H groups in total. The molecule has 142 valence electrons. The number of carbonyl (C=O) groups is 3. The summed E-state index contributed by atoms with van der Waals surface area (Å²) < 4.78 is 5.22. The Morgan fingerprint density at radius 3 is 2.63 bits per heavy atom. The first-order valence-corrected chi connectivity index (χ1v) is 8.89. The standard InChI is InChI=1S/C20H22N2O5/c1-13(8-9-18(23)24)21-19(25)16-11-14-5-2-3-6-15(14)12-22(16)20(26)17-7-4-10-27-17/h2-7,10,13,16H,8-9,11-12H2,1H3,(H,21,25)(H,23,24). The van der Waals surface area contributed by atoms with Gasteiger partial charge in [-0.25, -0.2) is 0 Å². The van der Waals surface area contributed by atoms with Crippen molar-refractivity contribution < 1.29 is 23.9 Å². The van der Waals surface area contributed by atoms with Crippen molar-refractivity contribution in [1.29, 1.82) is 0 Å². The van der Waals surface area contributed by atoms with Gasteiger partial charge in [0.15, 0.2) is 5.76 Å². The largest absolute Gasteiger partial charge is 0.481 e. The van der Waals surface area contributed by atoms with E-state index >= 15 is 0 Å². The maximum atomic E-state index is 12.9. The average molecular weight is 370 g/mol. The van der Waals surface area contributed by atoms with Crippen molar-refractivity contribution in [3.8, 4) is 0 Å². The van der Waals surface area contributed by atoms with Crippen LogP contribution in [0.25, 0.3) is 0 Å². The molecular formula is C20H22N2O5. The Balaban J connectivity index is 1.80. The number of furan rings is 1. The normalized spacial score (nSPS) is 17.1. The highest BCUT2D eigenvalue weighted by Gasteiger charge is 2.36. The molecule has 2 heterocycles. The van der Waals surface area contributed by atoms with E-state index in [4.69, 9.17) is 9.52 Å². The molecule has 0 aliphatic carbocycles. The zero-order valence-electron chi connectivity index (χ0n) is 15.1. The lowest BCUT2D eigenvalue weighted by Gasteiger charge is -2.36. The first-order chi connectivity index (χ1) is 13.0. The van der Waals surface area contributed by atoms with Gasteiger partial charge in [-0.15, -0.1) is 0 Å². The van der Waals surface area contributed by atoms with Gasteiger partial charge in [-0.3, -0.25) is 14.4 Å². The second-order valence-corrected chi connectivity index (χ2v) is 6.74. The van der Waals surface area contributed by atoms with Gasteiger partial charge in [0.2, 0.25) is 5.91 Å². The van der Waals surface area contributed by atoms with Crippen molar-refractivity contribution >= 4 is 17.8 Å². The molecule has 2 aromatic rings. The van der Waals surface area contributed by atoms with Gasteiger partial charge in [0.05, 0.1) is 6.26 Å². The second-order valence-electron chi connectivity index (χ2n) is 6.74. The molecule has 0 saturated heterocycles. The van der Waals surface area contributed by atoms with E-state index < -0.39 is 12.0 Å². The molecule has 2 unspecified atom stereocenters. The first kappa shape index (κ1) is 18.7. The summed E-state index contributed by atoms with van der Waals surface area (Å²) in [5, 5.41) is 11.6. The lowest BCUT2D eigenvalue weighted by Crippen LogP contribution is -2.54. The van der Waals surface area contributed by atoms with Crippen LogP contribution in [0.5, 0.6) is 0 Å². The van der Waals surface area contributed by atoms with Crippen molar-refractivity contribution in [2.24, 2.45) is 0 Å². The molecule has 0 spiro atoms. The molecule has 0 bridgehead atoms. The molecule has 7 nitrogen and oxygen atoms in total. The van der Waals surface area contributed by atoms with E-state index in [0.717, 1.165) is 11.1 Å². The lowest BCUT2D eigenvalue weighted by atomic mass is 9.93. The minimum Gasteiger partial charge on any atom is -0.481 e. The van der Waals surface area contributed by atoms with Crippen LogP contribution in [0, 0.1) is 0 Å². The van der Waals surface area contributed by atoms with Crippen LogP contribution < -0.4 is 5.32 Å². The number of benzene rings is 1. The van der Waals surface area contributed by atoms with Crippen LogP contribution in [0.1, 0.15) is 41.4 Å². The fourth-order valence-corrected chi connectivity index (χ4v) is 3.26. The number of nitrogens with zero attached hydrogens (tertiary/aromatic N) is 1. The number of hydrogen-bond donors (Lipinski definition) is 2. The minimum absolute atomic E-state index is 0.0238. The van der Waals surface area contributed by atoms with Crippen LogP contribution in [-0.2, 0) is 22.6 Å². The molecule has 1 aliphatic rings. The number of rotatable bonds is 6. The van der Waals surface area contributed by atoms with E-state index in [1.54, 1.807) is 19.1 Å². The maximum Gasteiger partial charge on any atom is 0.303 e. The molecule has 2 atom stereocenters. The Kier molecular flexibility index (Phi) is 5.59. The predicted molar refractivity (Wildman–Crippen MR) is 97.0 cm³/mol. The zero-order valence-corrected chi connectivity index (χ0v) is 15.1. The summed E-state index contributed by atoms with van der Waals surface area (Å²) in [6.45, 7) is 2.08. The quantitative estimate of drug-likeness (QED) is 0.812. The highest BCUT2D eigenvalue weighted by atomic mass is 16.4. The SMILES string of the molecule is CC(CCC(=O)O)NC(=O)C1Cc2ccccc2CN1C(=O)c1ccco1. The van der Waals surface area contributed by atoms with Gasteiger partial charge in [0, 0.05) is 25.4 Å². The fraction of sp³-hybridized carbons (Fsp3) is 0.350. The summed E-state index contributed by atoms with van der Waals surface area (Å²) >= 11 is 0. The number of carboxylic acids is 1. The van der Waals surface area contributed by atoms with E-state index in [2.05, 4.69) is 5.32 Å². The van der Waals surface area contributed by atoms with Gasteiger partial charge in [0.25, 0.3) is 5.91 Å². The Morgan fingerprint density at radius 2 is 1.96 bits per heavy atom. The average Bonchev–Trinajstić information content (AvgIpc) is 3.19. The lowest BCUT2D eigenvalue weighted by molar-refractivity contribution is -0.137. The van der Waals surface area contributed by atoms with E-state index in [9.17, 15) is 14.4 Å². The van der Waals surface area contributed by atoms with E-state index in [0.29, 0.717) is 19.4 Å². The Labute approximate surface area is 157 Å². The summed E-state index contributed by atoms with van der Waals surface area (Å²) in [6.07, 6.45) is 2.13. The fourth-order valence-electron chi connectivity index (χ4n) is 3.26. The monoisotopic (exact) mass is 370 g/mol. The van der Waals surface area contributed by atoms with Crippen molar-refractivity contribution in [2.45, 2.75) is 44.8 Å². The number of hydrogen-bond acceptors (Lipinski definition) is 4. The van der Waals surface area contributed by atoms with Crippen LogP contribution >= 0.6 is 0 Å². The molecule has 1 aliphatic heterocycles. The molecule has 0 fully saturated rings. The summed E-state index contributed by atoms with van der Waals surface area (Å²) in [5.41, 5.74) is 2.03. The third-order valence-electron chi connectivity index (χ3n) is 4.72. The Hall–Kier alpha value is -3.09.